The van der Waals surface area contributed by atoms with Gasteiger partial charge in [0.25, 0.3) is 0 Å². The van der Waals surface area contributed by atoms with E-state index in [0.717, 1.165) is 16.7 Å². The highest BCUT2D eigenvalue weighted by atomic mass is 35.5. The molecule has 1 aromatic carbocycles. The molecule has 0 heterocycles. The molecule has 0 spiro atoms. The summed E-state index contributed by atoms with van der Waals surface area (Å²) < 4.78 is 0. The van der Waals surface area contributed by atoms with Gasteiger partial charge in [-0.3, -0.25) is 4.79 Å². The highest BCUT2D eigenvalue weighted by molar-refractivity contribution is 6.30. The van der Waals surface area contributed by atoms with Crippen LogP contribution in [0.4, 0.5) is 0 Å². The van der Waals surface area contributed by atoms with E-state index in [-0.39, 0.29) is 12.2 Å². The zero-order valence-electron chi connectivity index (χ0n) is 8.75. The molecule has 0 bridgehead atoms. The van der Waals surface area contributed by atoms with Crippen LogP contribution in [0.3, 0.4) is 0 Å². The lowest BCUT2D eigenvalue weighted by Gasteiger charge is -2.11. The van der Waals surface area contributed by atoms with Gasteiger partial charge in [-0.2, -0.15) is 5.26 Å². The van der Waals surface area contributed by atoms with Crippen molar-refractivity contribution in [1.29, 1.82) is 5.26 Å². The number of halogens is 1. The molecular formula is C12H12ClNO. The minimum absolute atomic E-state index is 0.0975. The second-order valence-corrected chi connectivity index (χ2v) is 3.95. The lowest BCUT2D eigenvalue weighted by molar-refractivity contribution is -0.116. The minimum atomic E-state index is -0.644. The molecule has 0 aliphatic rings. The van der Waals surface area contributed by atoms with Crippen LogP contribution in [-0.4, -0.2) is 5.78 Å². The zero-order valence-corrected chi connectivity index (χ0v) is 9.51. The fourth-order valence-corrected chi connectivity index (χ4v) is 1.65. The third-order valence-corrected chi connectivity index (χ3v) is 2.74. The van der Waals surface area contributed by atoms with Crippen molar-refractivity contribution < 1.29 is 4.79 Å². The van der Waals surface area contributed by atoms with Gasteiger partial charge in [0.15, 0.2) is 5.78 Å². The molecule has 0 aliphatic heterocycles. The number of nitriles is 1. The number of hydrogen-bond acceptors (Lipinski definition) is 2. The summed E-state index contributed by atoms with van der Waals surface area (Å²) in [7, 11) is 0. The number of carbonyl (C=O) groups is 1. The van der Waals surface area contributed by atoms with Crippen molar-refractivity contribution in [2.45, 2.75) is 25.6 Å². The first kappa shape index (κ1) is 11.7. The number of aryl methyl sites for hydroxylation is 1. The third kappa shape index (κ3) is 2.81. The van der Waals surface area contributed by atoms with Crippen LogP contribution in [0.1, 0.15) is 29.0 Å². The smallest absolute Gasteiger partial charge is 0.152 e. The van der Waals surface area contributed by atoms with Gasteiger partial charge in [0.1, 0.15) is 5.38 Å². The average molecular weight is 222 g/mol. The minimum Gasteiger partial charge on any atom is -0.298 e. The fraction of sp³-hybridized carbons (Fsp3) is 0.333. The van der Waals surface area contributed by atoms with Crippen molar-refractivity contribution >= 4 is 17.4 Å². The van der Waals surface area contributed by atoms with Crippen molar-refractivity contribution in [3.63, 3.8) is 0 Å². The molecule has 15 heavy (non-hydrogen) atoms. The summed E-state index contributed by atoms with van der Waals surface area (Å²) >= 11 is 5.98. The van der Waals surface area contributed by atoms with Crippen LogP contribution in [0.15, 0.2) is 18.2 Å². The molecule has 0 saturated heterocycles. The standard InChI is InChI=1S/C12H12ClNO/c1-8-3-4-11(12(13)9(2)15)10(7-8)5-6-14/h3-4,7,12H,5H2,1-2H3. The van der Waals surface area contributed by atoms with Gasteiger partial charge < -0.3 is 0 Å². The molecular weight excluding hydrogens is 210 g/mol. The maximum Gasteiger partial charge on any atom is 0.152 e. The van der Waals surface area contributed by atoms with Crippen LogP contribution in [-0.2, 0) is 11.2 Å². The quantitative estimate of drug-likeness (QED) is 0.737. The topological polar surface area (TPSA) is 40.9 Å². The van der Waals surface area contributed by atoms with E-state index in [2.05, 4.69) is 6.07 Å². The maximum atomic E-state index is 11.2. The molecule has 0 N–H and O–H groups in total. The Balaban J connectivity index is 3.17. The van der Waals surface area contributed by atoms with Crippen molar-refractivity contribution in [2.75, 3.05) is 0 Å². The van der Waals surface area contributed by atoms with Crippen molar-refractivity contribution in [3.8, 4) is 6.07 Å². The summed E-state index contributed by atoms with van der Waals surface area (Å²) in [5.41, 5.74) is 2.65. The highest BCUT2D eigenvalue weighted by Gasteiger charge is 2.16. The number of hydrogen-bond donors (Lipinski definition) is 0. The van der Waals surface area contributed by atoms with Gasteiger partial charge in [-0.1, -0.05) is 23.8 Å². The Bertz CT molecular complexity index is 420. The van der Waals surface area contributed by atoms with E-state index in [1.54, 1.807) is 0 Å². The summed E-state index contributed by atoms with van der Waals surface area (Å²) in [5, 5.41) is 8.03. The Hall–Kier alpha value is -1.33. The van der Waals surface area contributed by atoms with Crippen LogP contribution in [0.25, 0.3) is 0 Å². The Morgan fingerprint density at radius 3 is 2.80 bits per heavy atom. The van der Waals surface area contributed by atoms with Crippen LogP contribution >= 0.6 is 11.6 Å². The lowest BCUT2D eigenvalue weighted by atomic mass is 9.98. The van der Waals surface area contributed by atoms with Gasteiger partial charge in [-0.05, 0) is 25.0 Å². The van der Waals surface area contributed by atoms with Gasteiger partial charge in [-0.15, -0.1) is 11.6 Å². The largest absolute Gasteiger partial charge is 0.298 e. The molecule has 0 amide bonds. The predicted molar refractivity (Wildman–Crippen MR) is 59.8 cm³/mol. The summed E-state index contributed by atoms with van der Waals surface area (Å²) in [4.78, 5) is 11.2. The maximum absolute atomic E-state index is 11.2. The molecule has 2 nitrogen and oxygen atoms in total. The van der Waals surface area contributed by atoms with Gasteiger partial charge >= 0.3 is 0 Å². The summed E-state index contributed by atoms with van der Waals surface area (Å²) in [6.07, 6.45) is 0.285. The summed E-state index contributed by atoms with van der Waals surface area (Å²) in [6, 6.07) is 7.69. The highest BCUT2D eigenvalue weighted by Crippen LogP contribution is 2.26. The van der Waals surface area contributed by atoms with Crippen LogP contribution < -0.4 is 0 Å². The first-order valence-electron chi connectivity index (χ1n) is 4.67. The van der Waals surface area contributed by atoms with Gasteiger partial charge in [0, 0.05) is 0 Å². The van der Waals surface area contributed by atoms with E-state index >= 15 is 0 Å². The number of carbonyl (C=O) groups excluding carboxylic acids is 1. The van der Waals surface area contributed by atoms with E-state index in [0.29, 0.717) is 0 Å². The van der Waals surface area contributed by atoms with Crippen LogP contribution in [0.5, 0.6) is 0 Å². The van der Waals surface area contributed by atoms with Gasteiger partial charge in [-0.25, -0.2) is 0 Å². The molecule has 0 radical (unpaired) electrons. The van der Waals surface area contributed by atoms with E-state index in [1.165, 1.54) is 6.92 Å². The number of rotatable bonds is 3. The predicted octanol–water partition coefficient (Wildman–Crippen LogP) is 2.93. The molecule has 0 aromatic heterocycles. The van der Waals surface area contributed by atoms with Crippen LogP contribution in [0.2, 0.25) is 0 Å². The molecule has 1 unspecified atom stereocenters. The van der Waals surface area contributed by atoms with E-state index in [1.807, 2.05) is 25.1 Å². The lowest BCUT2D eigenvalue weighted by Crippen LogP contribution is -2.05. The van der Waals surface area contributed by atoms with Gasteiger partial charge in [0.2, 0.25) is 0 Å². The average Bonchev–Trinajstić information content (AvgIpc) is 2.17. The Labute approximate surface area is 94.5 Å². The van der Waals surface area contributed by atoms with Crippen molar-refractivity contribution in [1.82, 2.24) is 0 Å². The van der Waals surface area contributed by atoms with Gasteiger partial charge in [0.05, 0.1) is 12.5 Å². The molecule has 78 valence electrons. The second-order valence-electron chi connectivity index (χ2n) is 3.51. The zero-order chi connectivity index (χ0) is 11.4. The van der Waals surface area contributed by atoms with Crippen molar-refractivity contribution in [2.24, 2.45) is 0 Å². The number of Topliss-reactive ketones (excluding diaryl/α,β-unsaturated/α-hetero) is 1. The van der Waals surface area contributed by atoms with E-state index in [9.17, 15) is 4.79 Å². The molecule has 0 aliphatic carbocycles. The van der Waals surface area contributed by atoms with E-state index < -0.39 is 5.38 Å². The molecule has 3 heteroatoms. The van der Waals surface area contributed by atoms with Crippen molar-refractivity contribution in [3.05, 3.63) is 34.9 Å². The summed E-state index contributed by atoms with van der Waals surface area (Å²) in [5.74, 6) is -0.0975. The normalized spacial score (nSPS) is 11.9. The number of ketones is 1. The van der Waals surface area contributed by atoms with Crippen LogP contribution in [0, 0.1) is 18.3 Å². The molecule has 0 fully saturated rings. The Morgan fingerprint density at radius 2 is 2.27 bits per heavy atom. The first-order valence-corrected chi connectivity index (χ1v) is 5.10. The molecule has 1 rings (SSSR count). The SMILES string of the molecule is CC(=O)C(Cl)c1ccc(C)cc1CC#N. The molecule has 1 atom stereocenters. The number of nitrogens with zero attached hydrogens (tertiary/aromatic N) is 1. The Morgan fingerprint density at radius 1 is 1.60 bits per heavy atom. The number of benzene rings is 1. The summed E-state index contributed by atoms with van der Waals surface area (Å²) in [6.45, 7) is 3.40. The number of alkyl halides is 1. The molecule has 0 saturated carbocycles. The molecule has 1 aromatic rings. The monoisotopic (exact) mass is 221 g/mol. The fourth-order valence-electron chi connectivity index (χ4n) is 1.44. The first-order chi connectivity index (χ1) is 7.06. The third-order valence-electron chi connectivity index (χ3n) is 2.20. The Kier molecular flexibility index (Phi) is 3.88. The van der Waals surface area contributed by atoms with E-state index in [4.69, 9.17) is 16.9 Å². The second kappa shape index (κ2) is 4.95.